The first-order valence-electron chi connectivity index (χ1n) is 4.06. The molecular weight excluding hydrogens is 165 g/mol. The molecule has 12 heavy (non-hydrogen) atoms. The molecule has 0 saturated heterocycles. The summed E-state index contributed by atoms with van der Waals surface area (Å²) >= 11 is 0. The number of fused-ring (bicyclic) bond motifs is 1. The molecule has 0 aliphatic heterocycles. The van der Waals surface area contributed by atoms with Gasteiger partial charge in [-0.25, -0.2) is 0 Å². The number of nitrogens with zero attached hydrogens (tertiary/aromatic N) is 1. The molecule has 0 bridgehead atoms. The smallest absolute Gasteiger partial charge is 0.0480 e. The third-order valence-electron chi connectivity index (χ3n) is 2.20. The zero-order valence-electron chi connectivity index (χ0n) is 7.12. The molecule has 0 aliphatic carbocycles. The number of aromatic nitrogens is 1. The van der Waals surface area contributed by atoms with Gasteiger partial charge in [-0.1, -0.05) is 18.2 Å². The molecule has 0 N–H and O–H groups in total. The fourth-order valence-corrected chi connectivity index (χ4v) is 1.91. The fraction of sp³-hybridized carbons (Fsp3) is 0.200. The average molecular weight is 177 g/mol. The fourth-order valence-electron chi connectivity index (χ4n) is 1.59. The molecule has 1 unspecified atom stereocenters. The van der Waals surface area contributed by atoms with Crippen LogP contribution in [0, 0.1) is 0 Å². The van der Waals surface area contributed by atoms with E-state index in [4.69, 9.17) is 0 Å². The zero-order valence-corrected chi connectivity index (χ0v) is 8.27. The van der Waals surface area contributed by atoms with Gasteiger partial charge in [-0.15, -0.1) is 9.24 Å². The van der Waals surface area contributed by atoms with Crippen molar-refractivity contribution in [2.45, 2.75) is 6.16 Å². The van der Waals surface area contributed by atoms with Gasteiger partial charge >= 0.3 is 0 Å². The van der Waals surface area contributed by atoms with Crippen molar-refractivity contribution in [3.63, 3.8) is 0 Å². The molecule has 1 nitrogen and oxygen atoms in total. The number of hydrogen-bond acceptors (Lipinski definition) is 0. The Labute approximate surface area is 74.6 Å². The summed E-state index contributed by atoms with van der Waals surface area (Å²) in [6.07, 6.45) is 3.22. The van der Waals surface area contributed by atoms with Crippen LogP contribution in [0.5, 0.6) is 0 Å². The Morgan fingerprint density at radius 3 is 2.83 bits per heavy atom. The van der Waals surface area contributed by atoms with Gasteiger partial charge in [-0.05, 0) is 17.8 Å². The average Bonchev–Trinajstić information content (AvgIpc) is 2.44. The summed E-state index contributed by atoms with van der Waals surface area (Å²) in [7, 11) is 4.86. The Bertz CT molecular complexity index is 403. The van der Waals surface area contributed by atoms with Crippen molar-refractivity contribution in [1.29, 1.82) is 0 Å². The van der Waals surface area contributed by atoms with E-state index < -0.39 is 0 Å². The summed E-state index contributed by atoms with van der Waals surface area (Å²) < 4.78 is 2.18. The lowest BCUT2D eigenvalue weighted by Crippen LogP contribution is -1.81. The largest absolute Gasteiger partial charge is 0.350 e. The van der Waals surface area contributed by atoms with Crippen LogP contribution in [0.3, 0.4) is 0 Å². The van der Waals surface area contributed by atoms with Crippen LogP contribution in [-0.2, 0) is 13.2 Å². The van der Waals surface area contributed by atoms with Crippen LogP contribution in [0.4, 0.5) is 0 Å². The summed E-state index contributed by atoms with van der Waals surface area (Å²) in [4.78, 5) is 0. The number of benzene rings is 1. The SMILES string of the molecule is Cn1cc(CP)c2ccccc21. The molecule has 1 heterocycles. The van der Waals surface area contributed by atoms with Gasteiger partial charge < -0.3 is 4.57 Å². The Morgan fingerprint density at radius 1 is 1.33 bits per heavy atom. The molecule has 1 aromatic heterocycles. The van der Waals surface area contributed by atoms with Crippen LogP contribution >= 0.6 is 9.24 Å². The molecule has 0 aliphatic rings. The van der Waals surface area contributed by atoms with Crippen molar-refractivity contribution < 1.29 is 0 Å². The minimum atomic E-state index is 1.03. The quantitative estimate of drug-likeness (QED) is 0.590. The van der Waals surface area contributed by atoms with Gasteiger partial charge in [0.25, 0.3) is 0 Å². The summed E-state index contributed by atoms with van der Waals surface area (Å²) in [6.45, 7) is 0. The Hall–Kier alpha value is -0.810. The molecular formula is C10H12NP. The molecule has 62 valence electrons. The van der Waals surface area contributed by atoms with E-state index >= 15 is 0 Å². The lowest BCUT2D eigenvalue weighted by molar-refractivity contribution is 0.963. The second kappa shape index (κ2) is 2.91. The van der Waals surface area contributed by atoms with E-state index in [1.54, 1.807) is 0 Å². The highest BCUT2D eigenvalue weighted by Crippen LogP contribution is 2.21. The molecule has 2 aromatic rings. The van der Waals surface area contributed by atoms with Crippen LogP contribution in [0.2, 0.25) is 0 Å². The first-order valence-corrected chi connectivity index (χ1v) is 4.87. The molecule has 0 saturated carbocycles. The summed E-state index contributed by atoms with van der Waals surface area (Å²) in [6, 6.07) is 8.50. The van der Waals surface area contributed by atoms with Crippen LogP contribution < -0.4 is 0 Å². The first-order chi connectivity index (χ1) is 5.83. The predicted octanol–water partition coefficient (Wildman–Crippen LogP) is 2.55. The molecule has 0 spiro atoms. The summed E-state index contributed by atoms with van der Waals surface area (Å²) in [5, 5.41) is 1.37. The van der Waals surface area contributed by atoms with Crippen molar-refractivity contribution in [1.82, 2.24) is 4.57 Å². The monoisotopic (exact) mass is 177 g/mol. The van der Waals surface area contributed by atoms with Gasteiger partial charge in [-0.2, -0.15) is 0 Å². The third kappa shape index (κ3) is 1.05. The summed E-state index contributed by atoms with van der Waals surface area (Å²) in [5.74, 6) is 0. The molecule has 1 atom stereocenters. The van der Waals surface area contributed by atoms with Crippen molar-refractivity contribution in [3.8, 4) is 0 Å². The predicted molar refractivity (Wildman–Crippen MR) is 56.3 cm³/mol. The third-order valence-corrected chi connectivity index (χ3v) is 2.64. The Kier molecular flexibility index (Phi) is 1.90. The van der Waals surface area contributed by atoms with Gasteiger partial charge in [0, 0.05) is 24.1 Å². The second-order valence-corrected chi connectivity index (χ2v) is 3.39. The van der Waals surface area contributed by atoms with Crippen molar-refractivity contribution >= 4 is 20.1 Å². The van der Waals surface area contributed by atoms with Crippen LogP contribution in [-0.4, -0.2) is 4.57 Å². The zero-order chi connectivity index (χ0) is 8.55. The van der Waals surface area contributed by atoms with Crippen molar-refractivity contribution in [3.05, 3.63) is 36.0 Å². The minimum absolute atomic E-state index is 1.03. The van der Waals surface area contributed by atoms with E-state index in [2.05, 4.69) is 51.3 Å². The van der Waals surface area contributed by atoms with E-state index in [0.29, 0.717) is 0 Å². The maximum Gasteiger partial charge on any atom is 0.0480 e. The number of rotatable bonds is 1. The Morgan fingerprint density at radius 2 is 2.08 bits per heavy atom. The Balaban J connectivity index is 2.82. The van der Waals surface area contributed by atoms with E-state index in [9.17, 15) is 0 Å². The van der Waals surface area contributed by atoms with Gasteiger partial charge in [0.1, 0.15) is 0 Å². The van der Waals surface area contributed by atoms with E-state index in [1.807, 2.05) is 0 Å². The molecule has 2 heteroatoms. The molecule has 0 fully saturated rings. The lowest BCUT2D eigenvalue weighted by atomic mass is 10.2. The minimum Gasteiger partial charge on any atom is -0.350 e. The van der Waals surface area contributed by atoms with Gasteiger partial charge in [0.2, 0.25) is 0 Å². The molecule has 1 aromatic carbocycles. The molecule has 0 radical (unpaired) electrons. The number of aryl methyl sites for hydroxylation is 1. The topological polar surface area (TPSA) is 4.93 Å². The summed E-state index contributed by atoms with van der Waals surface area (Å²) in [5.41, 5.74) is 2.72. The van der Waals surface area contributed by atoms with Gasteiger partial charge in [-0.3, -0.25) is 0 Å². The van der Waals surface area contributed by atoms with Gasteiger partial charge in [0.15, 0.2) is 0 Å². The number of hydrogen-bond donors (Lipinski definition) is 0. The maximum atomic E-state index is 2.77. The highest BCUT2D eigenvalue weighted by atomic mass is 31.0. The standard InChI is InChI=1S/C10H12NP/c1-11-6-8(7-12)9-4-2-3-5-10(9)11/h2-6H,7,12H2,1H3. The highest BCUT2D eigenvalue weighted by Gasteiger charge is 2.02. The van der Waals surface area contributed by atoms with Crippen molar-refractivity contribution in [2.24, 2.45) is 7.05 Å². The second-order valence-electron chi connectivity index (χ2n) is 2.99. The highest BCUT2D eigenvalue weighted by molar-refractivity contribution is 7.15. The first kappa shape index (κ1) is 7.82. The number of para-hydroxylation sites is 1. The van der Waals surface area contributed by atoms with E-state index in [-0.39, 0.29) is 0 Å². The van der Waals surface area contributed by atoms with Crippen LogP contribution in [0.15, 0.2) is 30.5 Å². The molecule has 0 amide bonds. The van der Waals surface area contributed by atoms with Crippen molar-refractivity contribution in [2.75, 3.05) is 0 Å². The lowest BCUT2D eigenvalue weighted by Gasteiger charge is -1.93. The maximum absolute atomic E-state index is 2.77. The van der Waals surface area contributed by atoms with Crippen LogP contribution in [0.25, 0.3) is 10.9 Å². The normalized spacial score (nSPS) is 10.8. The van der Waals surface area contributed by atoms with E-state index in [1.165, 1.54) is 16.5 Å². The van der Waals surface area contributed by atoms with E-state index in [0.717, 1.165) is 6.16 Å². The van der Waals surface area contributed by atoms with Gasteiger partial charge in [0.05, 0.1) is 0 Å². The molecule has 2 rings (SSSR count). The van der Waals surface area contributed by atoms with Crippen LogP contribution in [0.1, 0.15) is 5.56 Å².